The van der Waals surface area contributed by atoms with E-state index in [1.165, 1.54) is 6.07 Å². The molecule has 5 nitrogen and oxygen atoms in total. The molecular formula is C13H14FN3O2. The molecule has 1 aromatic carbocycles. The van der Waals surface area contributed by atoms with Gasteiger partial charge in [0.15, 0.2) is 0 Å². The first-order valence-electron chi connectivity index (χ1n) is 5.98. The maximum absolute atomic E-state index is 13.4. The summed E-state index contributed by atoms with van der Waals surface area (Å²) in [6.45, 7) is 1.55. The van der Waals surface area contributed by atoms with E-state index in [-0.39, 0.29) is 11.6 Å². The fourth-order valence-corrected chi connectivity index (χ4v) is 1.48. The molecule has 2 amide bonds. The minimum Gasteiger partial charge on any atom is -0.345 e. The number of halogens is 1. The molecule has 0 unspecified atom stereocenters. The molecule has 0 bridgehead atoms. The third-order valence-electron chi connectivity index (χ3n) is 2.71. The zero-order valence-electron chi connectivity index (χ0n) is 10.4. The third-order valence-corrected chi connectivity index (χ3v) is 2.71. The van der Waals surface area contributed by atoms with Gasteiger partial charge in [-0.3, -0.25) is 9.59 Å². The van der Waals surface area contributed by atoms with Crippen molar-refractivity contribution in [2.45, 2.75) is 25.8 Å². The van der Waals surface area contributed by atoms with E-state index in [1.807, 2.05) is 0 Å². The summed E-state index contributed by atoms with van der Waals surface area (Å²) < 4.78 is 13.4. The van der Waals surface area contributed by atoms with Gasteiger partial charge in [0.25, 0.3) is 0 Å². The maximum atomic E-state index is 13.4. The van der Waals surface area contributed by atoms with Crippen LogP contribution in [0.5, 0.6) is 0 Å². The summed E-state index contributed by atoms with van der Waals surface area (Å²) >= 11 is 0. The lowest BCUT2D eigenvalue weighted by molar-refractivity contribution is -0.139. The van der Waals surface area contributed by atoms with E-state index in [0.29, 0.717) is 5.71 Å². The Labute approximate surface area is 109 Å². The van der Waals surface area contributed by atoms with Crippen LogP contribution in [-0.2, 0) is 9.59 Å². The van der Waals surface area contributed by atoms with Crippen LogP contribution in [0.4, 0.5) is 4.39 Å². The van der Waals surface area contributed by atoms with Crippen molar-refractivity contribution < 1.29 is 14.0 Å². The molecule has 100 valence electrons. The Morgan fingerprint density at radius 3 is 2.58 bits per heavy atom. The van der Waals surface area contributed by atoms with E-state index in [9.17, 15) is 14.0 Å². The highest BCUT2D eigenvalue weighted by molar-refractivity contribution is 6.35. The van der Waals surface area contributed by atoms with Gasteiger partial charge in [-0.25, -0.2) is 9.82 Å². The van der Waals surface area contributed by atoms with E-state index in [0.717, 1.165) is 12.8 Å². The molecule has 6 heteroatoms. The molecule has 0 radical (unpaired) electrons. The molecule has 0 heterocycles. The Morgan fingerprint density at radius 2 is 1.95 bits per heavy atom. The molecule has 1 fully saturated rings. The Morgan fingerprint density at radius 1 is 1.26 bits per heavy atom. The minimum atomic E-state index is -0.845. The van der Waals surface area contributed by atoms with Gasteiger partial charge in [0.05, 0.1) is 5.71 Å². The predicted molar refractivity (Wildman–Crippen MR) is 67.9 cm³/mol. The van der Waals surface area contributed by atoms with Crippen LogP contribution in [0.2, 0.25) is 0 Å². The van der Waals surface area contributed by atoms with Gasteiger partial charge < -0.3 is 5.32 Å². The summed E-state index contributed by atoms with van der Waals surface area (Å²) in [5, 5.41) is 6.25. The van der Waals surface area contributed by atoms with Crippen LogP contribution in [0, 0.1) is 5.82 Å². The quantitative estimate of drug-likeness (QED) is 0.484. The smallest absolute Gasteiger partial charge is 0.329 e. The highest BCUT2D eigenvalue weighted by atomic mass is 19.1. The normalized spacial score (nSPS) is 14.9. The van der Waals surface area contributed by atoms with Crippen LogP contribution in [0.15, 0.2) is 29.4 Å². The number of nitrogens with one attached hydrogen (secondary N) is 2. The van der Waals surface area contributed by atoms with Gasteiger partial charge >= 0.3 is 11.8 Å². The standard InChI is InChI=1S/C13H14FN3O2/c1-8(10-4-2-3-5-11(10)14)16-17-13(19)12(18)15-9-6-7-9/h2-5,9H,6-7H2,1H3,(H,15,18)(H,17,19)/b16-8-. The van der Waals surface area contributed by atoms with E-state index < -0.39 is 17.6 Å². The molecule has 0 atom stereocenters. The van der Waals surface area contributed by atoms with Gasteiger partial charge in [0, 0.05) is 11.6 Å². The van der Waals surface area contributed by atoms with Crippen LogP contribution in [0.25, 0.3) is 0 Å². The minimum absolute atomic E-state index is 0.106. The van der Waals surface area contributed by atoms with Crippen LogP contribution < -0.4 is 10.7 Å². The highest BCUT2D eigenvalue weighted by Gasteiger charge is 2.26. The average Bonchev–Trinajstić information content (AvgIpc) is 3.20. The number of rotatable bonds is 3. The molecule has 0 aliphatic heterocycles. The number of amides is 2. The second kappa shape index (κ2) is 5.60. The SMILES string of the molecule is C/C(=N/NC(=O)C(=O)NC1CC1)c1ccccc1F. The lowest BCUT2D eigenvalue weighted by Crippen LogP contribution is -2.39. The number of hydrogen-bond acceptors (Lipinski definition) is 3. The second-order valence-corrected chi connectivity index (χ2v) is 4.37. The summed E-state index contributed by atoms with van der Waals surface area (Å²) in [5.74, 6) is -1.99. The molecule has 19 heavy (non-hydrogen) atoms. The summed E-state index contributed by atoms with van der Waals surface area (Å²) in [6, 6.07) is 6.18. The molecule has 2 N–H and O–H groups in total. The van der Waals surface area contributed by atoms with E-state index in [1.54, 1.807) is 25.1 Å². The van der Waals surface area contributed by atoms with E-state index in [4.69, 9.17) is 0 Å². The second-order valence-electron chi connectivity index (χ2n) is 4.37. The number of hydrogen-bond donors (Lipinski definition) is 2. The Bertz CT molecular complexity index is 538. The molecule has 1 saturated carbocycles. The van der Waals surface area contributed by atoms with Gasteiger partial charge in [-0.05, 0) is 25.8 Å². The van der Waals surface area contributed by atoms with Crippen molar-refractivity contribution in [3.63, 3.8) is 0 Å². The molecule has 2 rings (SSSR count). The lowest BCUT2D eigenvalue weighted by atomic mass is 10.1. The summed E-state index contributed by atoms with van der Waals surface area (Å²) in [5.41, 5.74) is 2.69. The predicted octanol–water partition coefficient (Wildman–Crippen LogP) is 0.944. The van der Waals surface area contributed by atoms with Gasteiger partial charge in [-0.1, -0.05) is 18.2 Å². The summed E-state index contributed by atoms with van der Waals surface area (Å²) in [6.07, 6.45) is 1.80. The monoisotopic (exact) mass is 263 g/mol. The maximum Gasteiger partial charge on any atom is 0.329 e. The van der Waals surface area contributed by atoms with Gasteiger partial charge in [-0.15, -0.1) is 0 Å². The van der Waals surface area contributed by atoms with Crippen LogP contribution in [0.3, 0.4) is 0 Å². The van der Waals surface area contributed by atoms with Crippen molar-refractivity contribution in [3.8, 4) is 0 Å². The number of hydrazone groups is 1. The van der Waals surface area contributed by atoms with Crippen molar-refractivity contribution >= 4 is 17.5 Å². The largest absolute Gasteiger partial charge is 0.345 e. The first kappa shape index (κ1) is 13.2. The molecule has 1 aliphatic carbocycles. The van der Waals surface area contributed by atoms with Crippen molar-refractivity contribution in [3.05, 3.63) is 35.6 Å². The fourth-order valence-electron chi connectivity index (χ4n) is 1.48. The topological polar surface area (TPSA) is 70.6 Å². The van der Waals surface area contributed by atoms with Gasteiger partial charge in [0.1, 0.15) is 5.82 Å². The zero-order chi connectivity index (χ0) is 13.8. The van der Waals surface area contributed by atoms with Crippen LogP contribution >= 0.6 is 0 Å². The summed E-state index contributed by atoms with van der Waals surface area (Å²) in [7, 11) is 0. The Balaban J connectivity index is 1.95. The molecule has 0 saturated heterocycles. The van der Waals surface area contributed by atoms with Gasteiger partial charge in [0.2, 0.25) is 0 Å². The number of carbonyl (C=O) groups excluding carboxylic acids is 2. The first-order chi connectivity index (χ1) is 9.08. The molecule has 1 aliphatic rings. The summed E-state index contributed by atoms with van der Waals surface area (Å²) in [4.78, 5) is 22.7. The number of nitrogens with zero attached hydrogens (tertiary/aromatic N) is 1. The van der Waals surface area contributed by atoms with Crippen molar-refractivity contribution in [1.29, 1.82) is 0 Å². The average molecular weight is 263 g/mol. The highest BCUT2D eigenvalue weighted by Crippen LogP contribution is 2.18. The molecule has 0 aromatic heterocycles. The zero-order valence-corrected chi connectivity index (χ0v) is 10.4. The van der Waals surface area contributed by atoms with Crippen LogP contribution in [-0.4, -0.2) is 23.6 Å². The first-order valence-corrected chi connectivity index (χ1v) is 5.98. The number of benzene rings is 1. The lowest BCUT2D eigenvalue weighted by Gasteiger charge is -2.04. The van der Waals surface area contributed by atoms with E-state index in [2.05, 4.69) is 15.8 Å². The third kappa shape index (κ3) is 3.61. The molecular weight excluding hydrogens is 249 g/mol. The van der Waals surface area contributed by atoms with Gasteiger partial charge in [-0.2, -0.15) is 5.10 Å². The van der Waals surface area contributed by atoms with Crippen molar-refractivity contribution in [2.75, 3.05) is 0 Å². The van der Waals surface area contributed by atoms with Crippen LogP contribution in [0.1, 0.15) is 25.3 Å². The van der Waals surface area contributed by atoms with Crippen molar-refractivity contribution in [2.24, 2.45) is 5.10 Å². The Hall–Kier alpha value is -2.24. The number of carbonyl (C=O) groups is 2. The van der Waals surface area contributed by atoms with Crippen molar-refractivity contribution in [1.82, 2.24) is 10.7 Å². The molecule has 1 aromatic rings. The van der Waals surface area contributed by atoms with E-state index >= 15 is 0 Å². The fraction of sp³-hybridized carbons (Fsp3) is 0.308. The molecule has 0 spiro atoms. The Kier molecular flexibility index (Phi) is 3.89.